The topological polar surface area (TPSA) is 6.48 Å². The first-order chi connectivity index (χ1) is 6.66. The Morgan fingerprint density at radius 2 is 1.29 bits per heavy atom. The summed E-state index contributed by atoms with van der Waals surface area (Å²) in [6.45, 7) is 3.67. The molecule has 0 aliphatic heterocycles. The van der Waals surface area contributed by atoms with E-state index < -0.39 is 0 Å². The van der Waals surface area contributed by atoms with E-state index in [-0.39, 0.29) is 0 Å². The molecule has 2 nitrogen and oxygen atoms in total. The van der Waals surface area contributed by atoms with Gasteiger partial charge in [0.05, 0.1) is 0 Å². The molecule has 0 radical (unpaired) electrons. The molecule has 0 unspecified atom stereocenters. The van der Waals surface area contributed by atoms with Crippen LogP contribution in [0.2, 0.25) is 0 Å². The zero-order valence-corrected chi connectivity index (χ0v) is 10.9. The molecule has 0 aromatic carbocycles. The predicted molar refractivity (Wildman–Crippen MR) is 68.4 cm³/mol. The Morgan fingerprint density at radius 3 is 1.79 bits per heavy atom. The summed E-state index contributed by atoms with van der Waals surface area (Å²) in [6.07, 6.45) is 5.15. The summed E-state index contributed by atoms with van der Waals surface area (Å²) < 4.78 is 0. The van der Waals surface area contributed by atoms with Gasteiger partial charge in [0.1, 0.15) is 0 Å². The Hall–Kier alpha value is 0.270. The van der Waals surface area contributed by atoms with Crippen LogP contribution in [0.1, 0.15) is 25.7 Å². The molecule has 0 saturated carbocycles. The van der Waals surface area contributed by atoms with Crippen molar-refractivity contribution in [3.05, 3.63) is 0 Å². The second-order valence-corrected chi connectivity index (χ2v) is 4.69. The lowest BCUT2D eigenvalue weighted by molar-refractivity contribution is 0.307. The first-order valence-electron chi connectivity index (χ1n) is 5.61. The molecule has 0 atom stereocenters. The van der Waals surface area contributed by atoms with Crippen molar-refractivity contribution in [2.75, 3.05) is 46.5 Å². The van der Waals surface area contributed by atoms with Crippen molar-refractivity contribution < 1.29 is 0 Å². The number of rotatable bonds is 9. The minimum absolute atomic E-state index is 1.02. The summed E-state index contributed by atoms with van der Waals surface area (Å²) in [5.41, 5.74) is 0. The van der Waals surface area contributed by atoms with Gasteiger partial charge < -0.3 is 9.80 Å². The van der Waals surface area contributed by atoms with Gasteiger partial charge in [-0.1, -0.05) is 0 Å². The van der Waals surface area contributed by atoms with E-state index in [0.29, 0.717) is 0 Å². The van der Waals surface area contributed by atoms with Crippen LogP contribution in [0.3, 0.4) is 0 Å². The van der Waals surface area contributed by atoms with E-state index in [1.807, 2.05) is 0 Å². The monoisotopic (exact) mass is 218 g/mol. The Bertz CT molecular complexity index is 118. The van der Waals surface area contributed by atoms with Crippen molar-refractivity contribution in [3.63, 3.8) is 0 Å². The Kier molecular flexibility index (Phi) is 10.0. The average Bonchev–Trinajstić information content (AvgIpc) is 2.13. The van der Waals surface area contributed by atoms with Crippen molar-refractivity contribution in [3.8, 4) is 0 Å². The van der Waals surface area contributed by atoms with Crippen molar-refractivity contribution in [1.82, 2.24) is 9.80 Å². The summed E-state index contributed by atoms with van der Waals surface area (Å²) in [7, 11) is 6.49. The lowest BCUT2D eigenvalue weighted by Gasteiger charge is -2.16. The van der Waals surface area contributed by atoms with Gasteiger partial charge in [0.25, 0.3) is 0 Å². The zero-order chi connectivity index (χ0) is 10.8. The van der Waals surface area contributed by atoms with Crippen LogP contribution in [-0.4, -0.2) is 56.3 Å². The molecule has 0 heterocycles. The molecule has 0 aromatic rings. The normalized spacial score (nSPS) is 11.6. The highest BCUT2D eigenvalue weighted by Crippen LogP contribution is 1.98. The number of hydrogen-bond acceptors (Lipinski definition) is 3. The lowest BCUT2D eigenvalue weighted by Crippen LogP contribution is -2.22. The minimum atomic E-state index is 1.02. The van der Waals surface area contributed by atoms with Crippen LogP contribution >= 0.6 is 12.6 Å². The van der Waals surface area contributed by atoms with Crippen LogP contribution in [0.4, 0.5) is 0 Å². The van der Waals surface area contributed by atoms with Gasteiger partial charge in [-0.05, 0) is 72.2 Å². The van der Waals surface area contributed by atoms with Crippen LogP contribution in [0.15, 0.2) is 0 Å². The van der Waals surface area contributed by atoms with E-state index in [2.05, 4.69) is 43.6 Å². The highest BCUT2D eigenvalue weighted by atomic mass is 32.1. The van der Waals surface area contributed by atoms with Crippen LogP contribution in [-0.2, 0) is 0 Å². The minimum Gasteiger partial charge on any atom is -0.309 e. The molecule has 0 N–H and O–H groups in total. The molecule has 0 bridgehead atoms. The molecule has 0 aromatic heterocycles. The van der Waals surface area contributed by atoms with Gasteiger partial charge in [-0.2, -0.15) is 12.6 Å². The molecular formula is C11H26N2S. The molecule has 0 fully saturated rings. The van der Waals surface area contributed by atoms with Gasteiger partial charge in [0.15, 0.2) is 0 Å². The van der Waals surface area contributed by atoms with Crippen molar-refractivity contribution in [1.29, 1.82) is 0 Å². The Balaban J connectivity index is 3.14. The number of nitrogens with zero attached hydrogens (tertiary/aromatic N) is 2. The maximum absolute atomic E-state index is 4.21. The van der Waals surface area contributed by atoms with E-state index in [4.69, 9.17) is 0 Å². The fraction of sp³-hybridized carbons (Fsp3) is 1.00. The molecule has 0 aliphatic rings. The zero-order valence-electron chi connectivity index (χ0n) is 10.00. The average molecular weight is 218 g/mol. The molecule has 0 saturated heterocycles. The summed E-state index contributed by atoms with van der Waals surface area (Å²) >= 11 is 4.21. The second kappa shape index (κ2) is 9.81. The molecule has 14 heavy (non-hydrogen) atoms. The summed E-state index contributed by atoms with van der Waals surface area (Å²) in [6, 6.07) is 0. The third-order valence-electron chi connectivity index (χ3n) is 2.34. The third-order valence-corrected chi connectivity index (χ3v) is 2.66. The molecule has 0 spiro atoms. The maximum Gasteiger partial charge on any atom is -0.00213 e. The van der Waals surface area contributed by atoms with E-state index >= 15 is 0 Å². The smallest absolute Gasteiger partial charge is 0.00213 e. The Morgan fingerprint density at radius 1 is 0.786 bits per heavy atom. The molecule has 0 amide bonds. The van der Waals surface area contributed by atoms with Crippen molar-refractivity contribution >= 4 is 12.6 Å². The van der Waals surface area contributed by atoms with E-state index in [1.54, 1.807) is 0 Å². The van der Waals surface area contributed by atoms with Gasteiger partial charge in [0.2, 0.25) is 0 Å². The fourth-order valence-corrected chi connectivity index (χ4v) is 1.64. The predicted octanol–water partition coefficient (Wildman–Crippen LogP) is 1.97. The summed E-state index contributed by atoms with van der Waals surface area (Å²) in [5.74, 6) is 1.02. The molecule has 0 aliphatic carbocycles. The van der Waals surface area contributed by atoms with Gasteiger partial charge >= 0.3 is 0 Å². The third kappa shape index (κ3) is 10.4. The molecular weight excluding hydrogens is 192 g/mol. The quantitative estimate of drug-likeness (QED) is 0.467. The van der Waals surface area contributed by atoms with Crippen molar-refractivity contribution in [2.24, 2.45) is 0 Å². The highest BCUT2D eigenvalue weighted by molar-refractivity contribution is 7.80. The van der Waals surface area contributed by atoms with Crippen LogP contribution in [0.5, 0.6) is 0 Å². The van der Waals surface area contributed by atoms with Gasteiger partial charge in [-0.25, -0.2) is 0 Å². The van der Waals surface area contributed by atoms with E-state index in [1.165, 1.54) is 45.3 Å². The molecule has 0 rings (SSSR count). The standard InChI is InChI=1S/C11H26N2S/c1-12(2)8-4-5-9-13(3)10-6-7-11-14/h14H,4-11H2,1-3H3. The van der Waals surface area contributed by atoms with Gasteiger partial charge in [-0.3, -0.25) is 0 Å². The molecule has 3 heteroatoms. The lowest BCUT2D eigenvalue weighted by atomic mass is 10.2. The number of hydrogen-bond donors (Lipinski definition) is 1. The SMILES string of the molecule is CN(C)CCCCN(C)CCCCS. The number of thiol groups is 1. The maximum atomic E-state index is 4.21. The Labute approximate surface area is 95.1 Å². The van der Waals surface area contributed by atoms with Gasteiger partial charge in [0, 0.05) is 0 Å². The highest BCUT2D eigenvalue weighted by Gasteiger charge is 1.97. The largest absolute Gasteiger partial charge is 0.309 e. The van der Waals surface area contributed by atoms with E-state index in [9.17, 15) is 0 Å². The second-order valence-electron chi connectivity index (χ2n) is 4.24. The first kappa shape index (κ1) is 14.3. The summed E-state index contributed by atoms with van der Waals surface area (Å²) in [4.78, 5) is 4.68. The van der Waals surface area contributed by atoms with Crippen LogP contribution in [0, 0.1) is 0 Å². The molecule has 86 valence electrons. The van der Waals surface area contributed by atoms with Crippen molar-refractivity contribution in [2.45, 2.75) is 25.7 Å². The summed E-state index contributed by atoms with van der Waals surface area (Å²) in [5, 5.41) is 0. The number of unbranched alkanes of at least 4 members (excludes halogenated alkanes) is 2. The fourth-order valence-electron chi connectivity index (χ4n) is 1.42. The van der Waals surface area contributed by atoms with Crippen LogP contribution in [0.25, 0.3) is 0 Å². The van der Waals surface area contributed by atoms with Gasteiger partial charge in [-0.15, -0.1) is 0 Å². The van der Waals surface area contributed by atoms with Crippen LogP contribution < -0.4 is 0 Å². The first-order valence-corrected chi connectivity index (χ1v) is 6.24. The van der Waals surface area contributed by atoms with E-state index in [0.717, 1.165) is 5.75 Å².